The Labute approximate surface area is 132 Å². The molecule has 0 bridgehead atoms. The van der Waals surface area contributed by atoms with Crippen molar-refractivity contribution in [2.45, 2.75) is 32.9 Å². The molecular formula is C18H25N3O. The van der Waals surface area contributed by atoms with Crippen LogP contribution in [0.15, 0.2) is 36.5 Å². The highest BCUT2D eigenvalue weighted by molar-refractivity contribution is 5.80. The van der Waals surface area contributed by atoms with Gasteiger partial charge < -0.3 is 9.47 Å². The average Bonchev–Trinajstić information content (AvgIpc) is 2.96. The minimum absolute atomic E-state index is 0.279. The van der Waals surface area contributed by atoms with Crippen LogP contribution in [-0.2, 0) is 11.3 Å². The minimum Gasteiger partial charge on any atom is -0.347 e. The molecule has 1 fully saturated rings. The van der Waals surface area contributed by atoms with E-state index in [-0.39, 0.29) is 5.91 Å². The summed E-state index contributed by atoms with van der Waals surface area (Å²) in [7, 11) is 0. The summed E-state index contributed by atoms with van der Waals surface area (Å²) in [6, 6.07) is 11.0. The van der Waals surface area contributed by atoms with Crippen molar-refractivity contribution in [3.63, 3.8) is 0 Å². The van der Waals surface area contributed by atoms with Crippen molar-refractivity contribution in [3.05, 3.63) is 36.5 Å². The standard InChI is InChI=1S/C18H25N3O/c1-15(2)19-11-13-21(14-12-19)18(22)8-10-20-9-7-16-5-3-4-6-17(16)20/h3-7,9,15H,8,10-14H2,1-2H3. The van der Waals surface area contributed by atoms with E-state index in [1.807, 2.05) is 17.0 Å². The highest BCUT2D eigenvalue weighted by Gasteiger charge is 2.22. The fourth-order valence-electron chi connectivity index (χ4n) is 3.20. The first-order valence-corrected chi connectivity index (χ1v) is 8.21. The zero-order chi connectivity index (χ0) is 15.5. The summed E-state index contributed by atoms with van der Waals surface area (Å²) in [6.07, 6.45) is 2.66. The van der Waals surface area contributed by atoms with Gasteiger partial charge in [0.1, 0.15) is 0 Å². The fourth-order valence-corrected chi connectivity index (χ4v) is 3.20. The number of hydrogen-bond donors (Lipinski definition) is 0. The van der Waals surface area contributed by atoms with Crippen molar-refractivity contribution in [2.24, 2.45) is 0 Å². The highest BCUT2D eigenvalue weighted by Crippen LogP contribution is 2.16. The van der Waals surface area contributed by atoms with Crippen LogP contribution in [0.3, 0.4) is 0 Å². The van der Waals surface area contributed by atoms with E-state index in [2.05, 4.69) is 47.7 Å². The second-order valence-corrected chi connectivity index (χ2v) is 6.33. The Morgan fingerprint density at radius 2 is 1.82 bits per heavy atom. The molecule has 0 aliphatic carbocycles. The molecule has 4 heteroatoms. The molecule has 1 aromatic heterocycles. The van der Waals surface area contributed by atoms with Crippen LogP contribution in [0.4, 0.5) is 0 Å². The summed E-state index contributed by atoms with van der Waals surface area (Å²) >= 11 is 0. The lowest BCUT2D eigenvalue weighted by molar-refractivity contribution is -0.133. The molecule has 4 nitrogen and oxygen atoms in total. The smallest absolute Gasteiger partial charge is 0.224 e. The molecule has 1 aromatic carbocycles. The zero-order valence-electron chi connectivity index (χ0n) is 13.5. The van der Waals surface area contributed by atoms with Gasteiger partial charge in [-0.2, -0.15) is 0 Å². The lowest BCUT2D eigenvalue weighted by Gasteiger charge is -2.37. The first kappa shape index (κ1) is 15.1. The molecule has 118 valence electrons. The van der Waals surface area contributed by atoms with Gasteiger partial charge in [0, 0.05) is 56.9 Å². The predicted octanol–water partition coefficient (Wildman–Crippen LogP) is 2.58. The van der Waals surface area contributed by atoms with Gasteiger partial charge in [-0.15, -0.1) is 0 Å². The van der Waals surface area contributed by atoms with Gasteiger partial charge in [0.25, 0.3) is 0 Å². The summed E-state index contributed by atoms with van der Waals surface area (Å²) in [4.78, 5) is 16.9. The zero-order valence-corrected chi connectivity index (χ0v) is 13.5. The summed E-state index contributed by atoms with van der Waals surface area (Å²) in [5, 5.41) is 1.24. The Hall–Kier alpha value is -1.81. The molecule has 0 radical (unpaired) electrons. The summed E-state index contributed by atoms with van der Waals surface area (Å²) in [5.41, 5.74) is 1.21. The molecule has 1 amide bonds. The summed E-state index contributed by atoms with van der Waals surface area (Å²) < 4.78 is 2.18. The molecule has 0 N–H and O–H groups in total. The number of nitrogens with zero attached hydrogens (tertiary/aromatic N) is 3. The van der Waals surface area contributed by atoms with E-state index >= 15 is 0 Å². The predicted molar refractivity (Wildman–Crippen MR) is 89.8 cm³/mol. The lowest BCUT2D eigenvalue weighted by atomic mass is 10.2. The first-order chi connectivity index (χ1) is 10.6. The molecule has 0 atom stereocenters. The second-order valence-electron chi connectivity index (χ2n) is 6.33. The van der Waals surface area contributed by atoms with Crippen molar-refractivity contribution >= 4 is 16.8 Å². The molecule has 0 spiro atoms. The van der Waals surface area contributed by atoms with Crippen LogP contribution in [0.25, 0.3) is 10.9 Å². The van der Waals surface area contributed by atoms with Crippen molar-refractivity contribution in [2.75, 3.05) is 26.2 Å². The van der Waals surface area contributed by atoms with E-state index < -0.39 is 0 Å². The van der Waals surface area contributed by atoms with Crippen LogP contribution < -0.4 is 0 Å². The fraction of sp³-hybridized carbons (Fsp3) is 0.500. The van der Waals surface area contributed by atoms with Crippen LogP contribution in [0, 0.1) is 0 Å². The van der Waals surface area contributed by atoms with Crippen LogP contribution in [0.5, 0.6) is 0 Å². The Kier molecular flexibility index (Phi) is 4.48. The van der Waals surface area contributed by atoms with Crippen molar-refractivity contribution in [3.8, 4) is 0 Å². The Balaban J connectivity index is 1.55. The van der Waals surface area contributed by atoms with E-state index in [4.69, 9.17) is 0 Å². The Morgan fingerprint density at radius 3 is 2.55 bits per heavy atom. The maximum Gasteiger partial charge on any atom is 0.224 e. The molecule has 22 heavy (non-hydrogen) atoms. The normalized spacial score (nSPS) is 16.6. The number of carbonyl (C=O) groups excluding carboxylic acids is 1. The number of hydrogen-bond acceptors (Lipinski definition) is 2. The van der Waals surface area contributed by atoms with Gasteiger partial charge in [0.15, 0.2) is 0 Å². The van der Waals surface area contributed by atoms with Crippen molar-refractivity contribution in [1.29, 1.82) is 0 Å². The monoisotopic (exact) mass is 299 g/mol. The molecule has 3 rings (SSSR count). The maximum atomic E-state index is 12.4. The third kappa shape index (κ3) is 3.17. The van der Waals surface area contributed by atoms with Crippen LogP contribution in [0.1, 0.15) is 20.3 Å². The SMILES string of the molecule is CC(C)N1CCN(C(=O)CCn2ccc3ccccc32)CC1. The Morgan fingerprint density at radius 1 is 1.09 bits per heavy atom. The average molecular weight is 299 g/mol. The Bertz CT molecular complexity index is 639. The van der Waals surface area contributed by atoms with E-state index in [0.29, 0.717) is 12.5 Å². The van der Waals surface area contributed by atoms with Gasteiger partial charge in [-0.05, 0) is 31.4 Å². The van der Waals surface area contributed by atoms with E-state index in [0.717, 1.165) is 32.7 Å². The molecule has 1 aliphatic rings. The van der Waals surface area contributed by atoms with Gasteiger partial charge in [0.2, 0.25) is 5.91 Å². The molecule has 0 unspecified atom stereocenters. The van der Waals surface area contributed by atoms with E-state index in [9.17, 15) is 4.79 Å². The molecular weight excluding hydrogens is 274 g/mol. The number of rotatable bonds is 4. The number of para-hydroxylation sites is 1. The lowest BCUT2D eigenvalue weighted by Crippen LogP contribution is -2.50. The topological polar surface area (TPSA) is 28.5 Å². The van der Waals surface area contributed by atoms with Crippen LogP contribution in [-0.4, -0.2) is 52.5 Å². The number of carbonyl (C=O) groups is 1. The van der Waals surface area contributed by atoms with Gasteiger partial charge in [-0.1, -0.05) is 18.2 Å². The third-order valence-corrected chi connectivity index (χ3v) is 4.64. The quantitative estimate of drug-likeness (QED) is 0.868. The molecule has 1 aliphatic heterocycles. The summed E-state index contributed by atoms with van der Waals surface area (Å²) in [5.74, 6) is 0.279. The van der Waals surface area contributed by atoms with Crippen molar-refractivity contribution in [1.82, 2.24) is 14.4 Å². The number of aromatic nitrogens is 1. The molecule has 2 heterocycles. The highest BCUT2D eigenvalue weighted by atomic mass is 16.2. The number of piperazine rings is 1. The number of amides is 1. The largest absolute Gasteiger partial charge is 0.347 e. The van der Waals surface area contributed by atoms with Gasteiger partial charge >= 0.3 is 0 Å². The number of benzene rings is 1. The van der Waals surface area contributed by atoms with E-state index in [1.54, 1.807) is 0 Å². The van der Waals surface area contributed by atoms with E-state index in [1.165, 1.54) is 10.9 Å². The van der Waals surface area contributed by atoms with Gasteiger partial charge in [-0.25, -0.2) is 0 Å². The first-order valence-electron chi connectivity index (χ1n) is 8.21. The van der Waals surface area contributed by atoms with Gasteiger partial charge in [0.05, 0.1) is 0 Å². The maximum absolute atomic E-state index is 12.4. The minimum atomic E-state index is 0.279. The third-order valence-electron chi connectivity index (χ3n) is 4.64. The number of aryl methyl sites for hydroxylation is 1. The number of fused-ring (bicyclic) bond motifs is 1. The summed E-state index contributed by atoms with van der Waals surface area (Å²) in [6.45, 7) is 8.92. The van der Waals surface area contributed by atoms with Gasteiger partial charge in [-0.3, -0.25) is 9.69 Å². The van der Waals surface area contributed by atoms with Crippen LogP contribution in [0.2, 0.25) is 0 Å². The second kappa shape index (κ2) is 6.53. The van der Waals surface area contributed by atoms with Crippen molar-refractivity contribution < 1.29 is 4.79 Å². The molecule has 1 saturated heterocycles. The molecule has 2 aromatic rings. The molecule has 0 saturated carbocycles. The van der Waals surface area contributed by atoms with Crippen LogP contribution >= 0.6 is 0 Å².